The van der Waals surface area contributed by atoms with Gasteiger partial charge in [0.25, 0.3) is 11.6 Å². The first kappa shape index (κ1) is 35.4. The molecule has 0 aliphatic carbocycles. The van der Waals surface area contributed by atoms with Gasteiger partial charge in [-0.05, 0) is 107 Å². The molecule has 1 heterocycles. The Morgan fingerprint density at radius 1 is 1.09 bits per heavy atom. The molecule has 47 heavy (non-hydrogen) atoms. The summed E-state index contributed by atoms with van der Waals surface area (Å²) in [6.07, 6.45) is 1.45. The van der Waals surface area contributed by atoms with Crippen molar-refractivity contribution in [2.24, 2.45) is 5.10 Å². The summed E-state index contributed by atoms with van der Waals surface area (Å²) in [4.78, 5) is 47.9. The number of esters is 1. The molecule has 0 spiro atoms. The number of allylic oxidation sites excluding steroid dienone is 1. The predicted octanol–water partition coefficient (Wildman–Crippen LogP) is 5.11. The molecule has 3 aromatic rings. The molecule has 3 amide bonds. The van der Waals surface area contributed by atoms with E-state index in [0.717, 1.165) is 12.7 Å². The van der Waals surface area contributed by atoms with Gasteiger partial charge in [-0.2, -0.15) is 5.10 Å². The van der Waals surface area contributed by atoms with Crippen molar-refractivity contribution in [1.82, 2.24) is 16.1 Å². The van der Waals surface area contributed by atoms with E-state index in [1.165, 1.54) is 25.5 Å². The maximum absolute atomic E-state index is 12.6. The Morgan fingerprint density at radius 2 is 1.83 bits per heavy atom. The summed E-state index contributed by atoms with van der Waals surface area (Å²) < 4.78 is 24.1. The first-order valence-electron chi connectivity index (χ1n) is 13.9. The van der Waals surface area contributed by atoms with Gasteiger partial charge in [0.1, 0.15) is 12.4 Å². The van der Waals surface area contributed by atoms with Crippen LogP contribution in [0.4, 0.5) is 10.5 Å². The number of ether oxygens (including phenoxy) is 4. The molecule has 0 aromatic heterocycles. The lowest BCUT2D eigenvalue weighted by Crippen LogP contribution is -2.45. The topological polar surface area (TPSA) is 180 Å². The molecule has 0 unspecified atom stereocenters. The summed E-state index contributed by atoms with van der Waals surface area (Å²) in [6, 6.07) is 13.4. The number of halogens is 2. The number of hydrazone groups is 1. The van der Waals surface area contributed by atoms with Crippen molar-refractivity contribution in [3.8, 4) is 17.2 Å². The van der Waals surface area contributed by atoms with Gasteiger partial charge in [-0.3, -0.25) is 14.9 Å². The number of urea groups is 1. The van der Waals surface area contributed by atoms with Crippen LogP contribution in [0.25, 0.3) is 0 Å². The second kappa shape index (κ2) is 16.4. The van der Waals surface area contributed by atoms with Crippen molar-refractivity contribution in [3.05, 3.63) is 99.8 Å². The number of nitro benzene ring substituents is 1. The number of benzene rings is 3. The highest BCUT2D eigenvalue weighted by Crippen LogP contribution is 2.35. The molecule has 14 nitrogen and oxygen atoms in total. The highest BCUT2D eigenvalue weighted by molar-refractivity contribution is 14.1. The van der Waals surface area contributed by atoms with E-state index in [2.05, 4.69) is 66.3 Å². The quantitative estimate of drug-likeness (QED) is 0.0692. The molecule has 0 radical (unpaired) electrons. The number of non-ortho nitro benzene ring substituents is 1. The fourth-order valence-corrected chi connectivity index (χ4v) is 6.50. The minimum Gasteiger partial charge on any atom is -0.493 e. The summed E-state index contributed by atoms with van der Waals surface area (Å²) in [5.74, 6) is -0.0553. The second-order valence-electron chi connectivity index (χ2n) is 9.80. The first-order chi connectivity index (χ1) is 22.5. The number of amides is 3. The maximum atomic E-state index is 12.6. The van der Waals surface area contributed by atoms with E-state index in [4.69, 9.17) is 18.9 Å². The van der Waals surface area contributed by atoms with Gasteiger partial charge in [-0.1, -0.05) is 6.07 Å². The van der Waals surface area contributed by atoms with Crippen LogP contribution in [0.1, 0.15) is 36.6 Å². The molecule has 16 heteroatoms. The molecule has 3 aromatic carbocycles. The monoisotopic (exact) mass is 869 g/mol. The van der Waals surface area contributed by atoms with E-state index >= 15 is 0 Å². The van der Waals surface area contributed by atoms with E-state index in [1.807, 2.05) is 12.1 Å². The SMILES string of the molecule is CCOC(=O)C1=C(C)NC(=O)N[C@@H]1c1ccc(OCC(=O)N/N=C/c2cc(I)cc(I)c2OCc2ccc([N+](=O)[O-])cc2)c(OC)c1. The Morgan fingerprint density at radius 3 is 2.51 bits per heavy atom. The lowest BCUT2D eigenvalue weighted by atomic mass is 9.95. The van der Waals surface area contributed by atoms with Gasteiger partial charge in [0, 0.05) is 27.0 Å². The van der Waals surface area contributed by atoms with E-state index < -0.39 is 35.5 Å². The molecule has 0 fully saturated rings. The van der Waals surface area contributed by atoms with Crippen LogP contribution in [0, 0.1) is 17.3 Å². The number of carbonyl (C=O) groups is 3. The van der Waals surface area contributed by atoms with Gasteiger partial charge in [-0.15, -0.1) is 0 Å². The highest BCUT2D eigenvalue weighted by atomic mass is 127. The van der Waals surface area contributed by atoms with Gasteiger partial charge < -0.3 is 29.6 Å². The maximum Gasteiger partial charge on any atom is 0.338 e. The van der Waals surface area contributed by atoms with Crippen LogP contribution in [-0.4, -0.2) is 49.4 Å². The molecule has 0 saturated heterocycles. The molecular formula is C31H29I2N5O9. The van der Waals surface area contributed by atoms with Crippen LogP contribution >= 0.6 is 45.2 Å². The Hall–Kier alpha value is -4.46. The predicted molar refractivity (Wildman–Crippen MR) is 187 cm³/mol. The van der Waals surface area contributed by atoms with Gasteiger partial charge in [0.05, 0.1) is 40.0 Å². The summed E-state index contributed by atoms with van der Waals surface area (Å²) in [5, 5.41) is 20.3. The minimum absolute atomic E-state index is 0.00933. The molecule has 4 rings (SSSR count). The number of methoxy groups -OCH3 is 1. The molecule has 1 aliphatic heterocycles. The van der Waals surface area contributed by atoms with E-state index in [1.54, 1.807) is 44.2 Å². The van der Waals surface area contributed by atoms with Crippen molar-refractivity contribution in [3.63, 3.8) is 0 Å². The number of hydrogen-bond acceptors (Lipinski definition) is 10. The van der Waals surface area contributed by atoms with E-state index in [0.29, 0.717) is 22.6 Å². The van der Waals surface area contributed by atoms with Crippen LogP contribution in [0.3, 0.4) is 0 Å². The van der Waals surface area contributed by atoms with Gasteiger partial charge in [-0.25, -0.2) is 15.0 Å². The van der Waals surface area contributed by atoms with Gasteiger partial charge in [0.15, 0.2) is 18.1 Å². The van der Waals surface area contributed by atoms with Crippen molar-refractivity contribution in [1.29, 1.82) is 0 Å². The third kappa shape index (κ3) is 9.31. The van der Waals surface area contributed by atoms with Crippen molar-refractivity contribution in [2.45, 2.75) is 26.5 Å². The molecule has 1 atom stereocenters. The Bertz CT molecular complexity index is 1750. The fraction of sp³-hybridized carbons (Fsp3) is 0.226. The number of carbonyl (C=O) groups excluding carboxylic acids is 3. The average molecular weight is 869 g/mol. The number of nitro groups is 1. The molecule has 1 aliphatic rings. The van der Waals surface area contributed by atoms with Crippen LogP contribution in [0.15, 0.2) is 71.0 Å². The standard InChI is InChI=1S/C31H29I2N5O9/c1-4-45-30(40)27-17(2)35-31(41)36-28(27)19-7-10-24(25(12-19)44-3)46-16-26(39)37-34-14-20-11-21(32)13-23(33)29(20)47-15-18-5-8-22(9-6-18)38(42)43/h5-14,28H,4,15-16H2,1-3H3,(H,37,39)(H2,35,36,41)/b34-14+/t28-/m1/s1. The molecule has 246 valence electrons. The third-order valence-electron chi connectivity index (χ3n) is 6.60. The van der Waals surface area contributed by atoms with Gasteiger partial charge in [0.2, 0.25) is 0 Å². The third-order valence-corrected chi connectivity index (χ3v) is 8.03. The molecular weight excluding hydrogens is 840 g/mol. The molecule has 0 bridgehead atoms. The zero-order chi connectivity index (χ0) is 34.1. The largest absolute Gasteiger partial charge is 0.493 e. The Kier molecular flexibility index (Phi) is 12.3. The van der Waals surface area contributed by atoms with Crippen LogP contribution in [0.2, 0.25) is 0 Å². The average Bonchev–Trinajstić information content (AvgIpc) is 3.03. The van der Waals surface area contributed by atoms with E-state index in [9.17, 15) is 24.5 Å². The zero-order valence-corrected chi connectivity index (χ0v) is 29.6. The summed E-state index contributed by atoms with van der Waals surface area (Å²) in [7, 11) is 1.43. The lowest BCUT2D eigenvalue weighted by molar-refractivity contribution is -0.384. The number of hydrogen-bond donors (Lipinski definition) is 3. The fourth-order valence-electron chi connectivity index (χ4n) is 4.45. The van der Waals surface area contributed by atoms with Crippen LogP contribution in [0.5, 0.6) is 17.2 Å². The second-order valence-corrected chi connectivity index (χ2v) is 12.2. The Balaban J connectivity index is 1.40. The zero-order valence-electron chi connectivity index (χ0n) is 25.3. The van der Waals surface area contributed by atoms with E-state index in [-0.39, 0.29) is 36.0 Å². The summed E-state index contributed by atoms with van der Waals surface area (Å²) in [6.45, 7) is 3.25. The van der Waals surface area contributed by atoms with Crippen LogP contribution in [-0.2, 0) is 20.9 Å². The van der Waals surface area contributed by atoms with Gasteiger partial charge >= 0.3 is 12.0 Å². The molecule has 0 saturated carbocycles. The highest BCUT2D eigenvalue weighted by Gasteiger charge is 2.32. The summed E-state index contributed by atoms with van der Waals surface area (Å²) in [5.41, 5.74) is 4.94. The number of nitrogens with one attached hydrogen (secondary N) is 3. The summed E-state index contributed by atoms with van der Waals surface area (Å²) >= 11 is 4.30. The van der Waals surface area contributed by atoms with Crippen molar-refractivity contribution < 1.29 is 38.3 Å². The normalized spacial score (nSPS) is 14.2. The number of nitrogens with zero attached hydrogens (tertiary/aromatic N) is 2. The van der Waals surface area contributed by atoms with Crippen molar-refractivity contribution >= 4 is 75.0 Å². The van der Waals surface area contributed by atoms with Crippen LogP contribution < -0.4 is 30.3 Å². The first-order valence-corrected chi connectivity index (χ1v) is 16.1. The molecule has 3 N–H and O–H groups in total. The lowest BCUT2D eigenvalue weighted by Gasteiger charge is -2.28. The Labute approximate surface area is 296 Å². The minimum atomic E-state index is -0.796. The van der Waals surface area contributed by atoms with Crippen molar-refractivity contribution in [2.75, 3.05) is 20.3 Å². The number of rotatable bonds is 13. The smallest absolute Gasteiger partial charge is 0.338 e.